The second kappa shape index (κ2) is 7.33. The zero-order valence-corrected chi connectivity index (χ0v) is 12.2. The first-order valence-corrected chi connectivity index (χ1v) is 6.32. The lowest BCUT2D eigenvalue weighted by molar-refractivity contribution is -0.128. The summed E-state index contributed by atoms with van der Waals surface area (Å²) in [6.45, 7) is 1.96. The van der Waals surface area contributed by atoms with Gasteiger partial charge in [-0.1, -0.05) is 29.3 Å². The highest BCUT2D eigenvalue weighted by atomic mass is 35.5. The lowest BCUT2D eigenvalue weighted by atomic mass is 10.2. The van der Waals surface area contributed by atoms with Gasteiger partial charge in [0.1, 0.15) is 0 Å². The van der Waals surface area contributed by atoms with E-state index < -0.39 is 0 Å². The SMILES string of the molecule is CC(=O)NNC(=O)CN(C)Cc1ccc(Cl)cc1Cl. The number of amides is 2. The van der Waals surface area contributed by atoms with E-state index in [-0.39, 0.29) is 18.4 Å². The van der Waals surface area contributed by atoms with Gasteiger partial charge in [0.25, 0.3) is 5.91 Å². The Morgan fingerprint density at radius 1 is 1.26 bits per heavy atom. The molecule has 1 aromatic rings. The highest BCUT2D eigenvalue weighted by molar-refractivity contribution is 6.35. The van der Waals surface area contributed by atoms with E-state index in [4.69, 9.17) is 23.2 Å². The molecular formula is C12H15Cl2N3O2. The third-order valence-electron chi connectivity index (χ3n) is 2.25. The van der Waals surface area contributed by atoms with Crippen LogP contribution in [-0.4, -0.2) is 30.3 Å². The molecule has 0 spiro atoms. The minimum atomic E-state index is -0.322. The molecule has 2 N–H and O–H groups in total. The van der Waals surface area contributed by atoms with Gasteiger partial charge < -0.3 is 0 Å². The highest BCUT2D eigenvalue weighted by Gasteiger charge is 2.09. The Kier molecular flexibility index (Phi) is 6.08. The van der Waals surface area contributed by atoms with Crippen LogP contribution in [0.2, 0.25) is 10.0 Å². The molecule has 104 valence electrons. The van der Waals surface area contributed by atoms with Crippen LogP contribution in [0.3, 0.4) is 0 Å². The molecule has 0 radical (unpaired) electrons. The first-order valence-electron chi connectivity index (χ1n) is 5.56. The summed E-state index contributed by atoms with van der Waals surface area (Å²) in [7, 11) is 1.78. The Morgan fingerprint density at radius 2 is 1.95 bits per heavy atom. The summed E-state index contributed by atoms with van der Waals surface area (Å²) in [6.07, 6.45) is 0. The van der Waals surface area contributed by atoms with Crippen LogP contribution in [0, 0.1) is 0 Å². The molecule has 0 bridgehead atoms. The predicted octanol–water partition coefficient (Wildman–Crippen LogP) is 1.59. The summed E-state index contributed by atoms with van der Waals surface area (Å²) in [4.78, 5) is 23.9. The van der Waals surface area contributed by atoms with E-state index in [2.05, 4.69) is 10.9 Å². The molecule has 0 aliphatic carbocycles. The molecule has 0 aliphatic heterocycles. The van der Waals surface area contributed by atoms with Gasteiger partial charge in [-0.15, -0.1) is 0 Å². The third-order valence-corrected chi connectivity index (χ3v) is 2.83. The third kappa shape index (κ3) is 5.92. The van der Waals surface area contributed by atoms with Crippen LogP contribution in [0.4, 0.5) is 0 Å². The van der Waals surface area contributed by atoms with Crippen molar-refractivity contribution in [1.29, 1.82) is 0 Å². The quantitative estimate of drug-likeness (QED) is 0.831. The van der Waals surface area contributed by atoms with Crippen molar-refractivity contribution in [3.05, 3.63) is 33.8 Å². The molecule has 0 atom stereocenters. The van der Waals surface area contributed by atoms with Crippen LogP contribution < -0.4 is 10.9 Å². The number of hydrogen-bond donors (Lipinski definition) is 2. The first-order chi connectivity index (χ1) is 8.88. The van der Waals surface area contributed by atoms with Gasteiger partial charge in [-0.05, 0) is 24.7 Å². The number of benzene rings is 1. The standard InChI is InChI=1S/C12H15Cl2N3O2/c1-8(18)15-16-12(19)7-17(2)6-9-3-4-10(13)5-11(9)14/h3-5H,6-7H2,1-2H3,(H,15,18)(H,16,19). The molecule has 0 saturated carbocycles. The zero-order chi connectivity index (χ0) is 14.4. The van der Waals surface area contributed by atoms with Gasteiger partial charge in [-0.3, -0.25) is 25.3 Å². The Bertz CT molecular complexity index is 480. The summed E-state index contributed by atoms with van der Waals surface area (Å²) in [5.41, 5.74) is 5.39. The van der Waals surface area contributed by atoms with Crippen molar-refractivity contribution in [2.24, 2.45) is 0 Å². The van der Waals surface area contributed by atoms with Crippen molar-refractivity contribution in [1.82, 2.24) is 15.8 Å². The molecule has 0 aromatic heterocycles. The number of likely N-dealkylation sites (N-methyl/N-ethyl adjacent to an activating group) is 1. The molecular weight excluding hydrogens is 289 g/mol. The summed E-state index contributed by atoms with van der Waals surface area (Å²) in [6, 6.07) is 5.21. The molecule has 0 aliphatic rings. The topological polar surface area (TPSA) is 61.4 Å². The fourth-order valence-electron chi connectivity index (χ4n) is 1.44. The van der Waals surface area contributed by atoms with Gasteiger partial charge in [0.05, 0.1) is 6.54 Å². The maximum Gasteiger partial charge on any atom is 0.252 e. The molecule has 0 unspecified atom stereocenters. The highest BCUT2D eigenvalue weighted by Crippen LogP contribution is 2.21. The minimum Gasteiger partial charge on any atom is -0.293 e. The monoisotopic (exact) mass is 303 g/mol. The summed E-state index contributed by atoms with van der Waals surface area (Å²) >= 11 is 11.9. The van der Waals surface area contributed by atoms with Crippen molar-refractivity contribution < 1.29 is 9.59 Å². The molecule has 1 rings (SSSR count). The number of nitrogens with one attached hydrogen (secondary N) is 2. The molecule has 5 nitrogen and oxygen atoms in total. The normalized spacial score (nSPS) is 10.4. The van der Waals surface area contributed by atoms with Crippen molar-refractivity contribution in [2.45, 2.75) is 13.5 Å². The van der Waals surface area contributed by atoms with Crippen molar-refractivity contribution in [3.63, 3.8) is 0 Å². The van der Waals surface area contributed by atoms with E-state index in [0.717, 1.165) is 5.56 Å². The minimum absolute atomic E-state index is 0.138. The van der Waals surface area contributed by atoms with E-state index in [1.807, 2.05) is 6.07 Å². The van der Waals surface area contributed by atoms with Crippen LogP contribution >= 0.6 is 23.2 Å². The van der Waals surface area contributed by atoms with E-state index in [9.17, 15) is 9.59 Å². The number of nitrogens with zero attached hydrogens (tertiary/aromatic N) is 1. The van der Waals surface area contributed by atoms with Crippen LogP contribution in [0.5, 0.6) is 0 Å². The number of hydrazine groups is 1. The van der Waals surface area contributed by atoms with Gasteiger partial charge in [0.15, 0.2) is 0 Å². The number of halogens is 2. The average molecular weight is 304 g/mol. The van der Waals surface area contributed by atoms with Gasteiger partial charge >= 0.3 is 0 Å². The van der Waals surface area contributed by atoms with Crippen LogP contribution in [-0.2, 0) is 16.1 Å². The van der Waals surface area contributed by atoms with E-state index in [1.165, 1.54) is 6.92 Å². The van der Waals surface area contributed by atoms with Crippen LogP contribution in [0.15, 0.2) is 18.2 Å². The Morgan fingerprint density at radius 3 is 2.53 bits per heavy atom. The molecule has 0 saturated heterocycles. The number of carbonyl (C=O) groups is 2. The van der Waals surface area contributed by atoms with Crippen molar-refractivity contribution in [3.8, 4) is 0 Å². The molecule has 0 heterocycles. The van der Waals surface area contributed by atoms with Gasteiger partial charge in [-0.2, -0.15) is 0 Å². The molecule has 1 aromatic carbocycles. The summed E-state index contributed by atoms with van der Waals surface area (Å²) in [5, 5.41) is 1.13. The van der Waals surface area contributed by atoms with Gasteiger partial charge in [-0.25, -0.2) is 0 Å². The van der Waals surface area contributed by atoms with Crippen molar-refractivity contribution in [2.75, 3.05) is 13.6 Å². The smallest absolute Gasteiger partial charge is 0.252 e. The maximum atomic E-state index is 11.5. The first kappa shape index (κ1) is 15.8. The number of carbonyl (C=O) groups excluding carboxylic acids is 2. The average Bonchev–Trinajstić information content (AvgIpc) is 2.30. The summed E-state index contributed by atoms with van der Waals surface area (Å²) < 4.78 is 0. The molecule has 0 fully saturated rings. The van der Waals surface area contributed by atoms with Gasteiger partial charge in [0.2, 0.25) is 5.91 Å². The zero-order valence-electron chi connectivity index (χ0n) is 10.7. The summed E-state index contributed by atoms with van der Waals surface area (Å²) in [5.74, 6) is -0.625. The number of hydrogen-bond acceptors (Lipinski definition) is 3. The Hall–Kier alpha value is -1.30. The Labute approximate surface area is 121 Å². The van der Waals surface area contributed by atoms with Crippen LogP contribution in [0.1, 0.15) is 12.5 Å². The van der Waals surface area contributed by atoms with E-state index >= 15 is 0 Å². The predicted molar refractivity (Wildman–Crippen MR) is 74.8 cm³/mol. The lowest BCUT2D eigenvalue weighted by Crippen LogP contribution is -2.44. The fourth-order valence-corrected chi connectivity index (χ4v) is 1.91. The second-order valence-electron chi connectivity index (χ2n) is 4.14. The molecule has 19 heavy (non-hydrogen) atoms. The lowest BCUT2D eigenvalue weighted by Gasteiger charge is -2.17. The maximum absolute atomic E-state index is 11.5. The number of rotatable bonds is 4. The van der Waals surface area contributed by atoms with E-state index in [0.29, 0.717) is 16.6 Å². The fraction of sp³-hybridized carbons (Fsp3) is 0.333. The largest absolute Gasteiger partial charge is 0.293 e. The molecule has 2 amide bonds. The van der Waals surface area contributed by atoms with Crippen LogP contribution in [0.25, 0.3) is 0 Å². The van der Waals surface area contributed by atoms with Gasteiger partial charge in [0, 0.05) is 23.5 Å². The Balaban J connectivity index is 2.48. The molecule has 7 heteroatoms. The van der Waals surface area contributed by atoms with Crippen molar-refractivity contribution >= 4 is 35.0 Å². The van der Waals surface area contributed by atoms with E-state index in [1.54, 1.807) is 24.1 Å². The second-order valence-corrected chi connectivity index (χ2v) is 4.98.